The topological polar surface area (TPSA) is 72.6 Å². The highest BCUT2D eigenvalue weighted by molar-refractivity contribution is 5.95. The first-order chi connectivity index (χ1) is 12.5. The lowest BCUT2D eigenvalue weighted by molar-refractivity contribution is -0.118. The van der Waals surface area contributed by atoms with E-state index in [1.54, 1.807) is 30.1 Å². The average Bonchev–Trinajstić information content (AvgIpc) is 2.65. The van der Waals surface area contributed by atoms with Gasteiger partial charge in [-0.25, -0.2) is 0 Å². The van der Waals surface area contributed by atoms with Crippen LogP contribution >= 0.6 is 0 Å². The van der Waals surface area contributed by atoms with Gasteiger partial charge in [0.15, 0.2) is 0 Å². The van der Waals surface area contributed by atoms with Crippen molar-refractivity contribution in [2.45, 2.75) is 32.2 Å². The van der Waals surface area contributed by atoms with E-state index in [9.17, 15) is 9.59 Å². The smallest absolute Gasteiger partial charge is 0.254 e. The van der Waals surface area contributed by atoms with Crippen LogP contribution in [0.2, 0.25) is 0 Å². The van der Waals surface area contributed by atoms with Gasteiger partial charge in [-0.15, -0.1) is 0 Å². The third-order valence-electron chi connectivity index (χ3n) is 4.17. The molecule has 0 spiro atoms. The van der Waals surface area contributed by atoms with Gasteiger partial charge in [0.1, 0.15) is 5.75 Å². The summed E-state index contributed by atoms with van der Waals surface area (Å²) in [5, 5.41) is 0. The summed E-state index contributed by atoms with van der Waals surface area (Å²) in [5.41, 5.74) is 6.99. The summed E-state index contributed by atoms with van der Waals surface area (Å²) >= 11 is 0. The minimum absolute atomic E-state index is 0.114. The molecule has 0 aliphatic rings. The Hall–Kier alpha value is -2.82. The van der Waals surface area contributed by atoms with Gasteiger partial charge in [-0.1, -0.05) is 43.3 Å². The molecule has 2 aromatic carbocycles. The second kappa shape index (κ2) is 9.61. The molecule has 1 unspecified atom stereocenters. The van der Waals surface area contributed by atoms with Crippen molar-refractivity contribution in [3.05, 3.63) is 65.7 Å². The fourth-order valence-corrected chi connectivity index (χ4v) is 2.77. The number of likely N-dealkylation sites (N-methyl/N-ethyl adjacent to an activating group) is 1. The fourth-order valence-electron chi connectivity index (χ4n) is 2.77. The first-order valence-corrected chi connectivity index (χ1v) is 8.83. The summed E-state index contributed by atoms with van der Waals surface area (Å²) in [6.45, 7) is 2.63. The van der Waals surface area contributed by atoms with Gasteiger partial charge < -0.3 is 15.4 Å². The van der Waals surface area contributed by atoms with Crippen LogP contribution < -0.4 is 10.5 Å². The number of rotatable bonds is 9. The lowest BCUT2D eigenvalue weighted by atomic mass is 10.0. The summed E-state index contributed by atoms with van der Waals surface area (Å²) in [7, 11) is 1.71. The van der Waals surface area contributed by atoms with Crippen LogP contribution in [0.4, 0.5) is 0 Å². The molecule has 0 heterocycles. The predicted molar refractivity (Wildman–Crippen MR) is 102 cm³/mol. The third kappa shape index (κ3) is 5.62. The predicted octanol–water partition coefficient (Wildman–Crippen LogP) is 3.03. The highest BCUT2D eigenvalue weighted by atomic mass is 16.5. The molecule has 5 heteroatoms. The molecule has 0 bridgehead atoms. The van der Waals surface area contributed by atoms with Gasteiger partial charge in [0, 0.05) is 25.1 Å². The van der Waals surface area contributed by atoms with Crippen molar-refractivity contribution in [2.24, 2.45) is 5.73 Å². The van der Waals surface area contributed by atoms with Crippen molar-refractivity contribution in [1.82, 2.24) is 4.90 Å². The molecule has 0 saturated heterocycles. The van der Waals surface area contributed by atoms with E-state index in [0.29, 0.717) is 24.3 Å². The number of hydrogen-bond acceptors (Lipinski definition) is 3. The molecule has 2 N–H and O–H groups in total. The maximum atomic E-state index is 12.9. The second-order valence-electron chi connectivity index (χ2n) is 6.31. The van der Waals surface area contributed by atoms with Crippen molar-refractivity contribution in [3.63, 3.8) is 0 Å². The summed E-state index contributed by atoms with van der Waals surface area (Å²) in [4.78, 5) is 26.0. The van der Waals surface area contributed by atoms with Crippen LogP contribution in [0.1, 0.15) is 35.7 Å². The summed E-state index contributed by atoms with van der Waals surface area (Å²) in [5.74, 6) is 0.0837. The third-order valence-corrected chi connectivity index (χ3v) is 4.17. The van der Waals surface area contributed by atoms with Crippen molar-refractivity contribution in [2.75, 3.05) is 13.7 Å². The van der Waals surface area contributed by atoms with Crippen molar-refractivity contribution >= 4 is 11.8 Å². The largest absolute Gasteiger partial charge is 0.494 e. The molecular weight excluding hydrogens is 328 g/mol. The van der Waals surface area contributed by atoms with Crippen molar-refractivity contribution in [1.29, 1.82) is 0 Å². The Morgan fingerprint density at radius 3 is 2.50 bits per heavy atom. The minimum atomic E-state index is -0.425. The number of ether oxygens (including phenoxy) is 1. The summed E-state index contributed by atoms with van der Waals surface area (Å²) in [6.07, 6.45) is 1.58. The van der Waals surface area contributed by atoms with E-state index in [0.717, 1.165) is 12.0 Å². The lowest BCUT2D eigenvalue weighted by Gasteiger charge is -2.28. The zero-order valence-electron chi connectivity index (χ0n) is 15.4. The van der Waals surface area contributed by atoms with Crippen LogP contribution in [-0.4, -0.2) is 36.4 Å². The minimum Gasteiger partial charge on any atom is -0.494 e. The highest BCUT2D eigenvalue weighted by Crippen LogP contribution is 2.18. The molecule has 5 nitrogen and oxygen atoms in total. The maximum Gasteiger partial charge on any atom is 0.254 e. The second-order valence-corrected chi connectivity index (χ2v) is 6.31. The van der Waals surface area contributed by atoms with E-state index < -0.39 is 5.91 Å². The number of carbonyl (C=O) groups excluding carboxylic acids is 2. The molecule has 2 rings (SSSR count). The molecule has 2 aromatic rings. The Balaban J connectivity index is 2.17. The van der Waals surface area contributed by atoms with E-state index in [2.05, 4.69) is 0 Å². The quantitative estimate of drug-likeness (QED) is 0.752. The average molecular weight is 354 g/mol. The normalized spacial score (nSPS) is 11.6. The molecular formula is C21H26N2O3. The van der Waals surface area contributed by atoms with Crippen LogP contribution in [0.25, 0.3) is 0 Å². The lowest BCUT2D eigenvalue weighted by Crippen LogP contribution is -2.41. The fraction of sp³-hybridized carbons (Fsp3) is 0.333. The van der Waals surface area contributed by atoms with Crippen LogP contribution in [0.15, 0.2) is 54.6 Å². The molecule has 26 heavy (non-hydrogen) atoms. The van der Waals surface area contributed by atoms with E-state index in [-0.39, 0.29) is 18.4 Å². The van der Waals surface area contributed by atoms with Gasteiger partial charge in [0.2, 0.25) is 5.91 Å². The van der Waals surface area contributed by atoms with E-state index in [1.807, 2.05) is 43.3 Å². The Morgan fingerprint density at radius 1 is 1.12 bits per heavy atom. The van der Waals surface area contributed by atoms with Crippen molar-refractivity contribution in [3.8, 4) is 5.75 Å². The van der Waals surface area contributed by atoms with E-state index in [1.165, 1.54) is 0 Å². The Morgan fingerprint density at radius 2 is 1.85 bits per heavy atom. The van der Waals surface area contributed by atoms with Gasteiger partial charge in [0.05, 0.1) is 6.61 Å². The standard InChI is InChI=1S/C21H26N2O3/c1-3-12-26-19-11-7-10-17(14-19)21(25)23(2)18(15-20(22)24)13-16-8-5-4-6-9-16/h4-11,14,18H,3,12-13,15H2,1-2H3,(H2,22,24). The van der Waals surface area contributed by atoms with Gasteiger partial charge >= 0.3 is 0 Å². The van der Waals surface area contributed by atoms with Crippen LogP contribution in [0, 0.1) is 0 Å². The van der Waals surface area contributed by atoms with Gasteiger partial charge in [-0.3, -0.25) is 9.59 Å². The number of nitrogens with two attached hydrogens (primary N) is 1. The van der Waals surface area contributed by atoms with Crippen LogP contribution in [0.5, 0.6) is 5.75 Å². The number of hydrogen-bond donors (Lipinski definition) is 1. The summed E-state index contributed by atoms with van der Waals surface area (Å²) < 4.78 is 5.60. The van der Waals surface area contributed by atoms with Crippen LogP contribution in [-0.2, 0) is 11.2 Å². The Kier molecular flexibility index (Phi) is 7.21. The van der Waals surface area contributed by atoms with Gasteiger partial charge in [0.25, 0.3) is 5.91 Å². The molecule has 0 aliphatic heterocycles. The SMILES string of the molecule is CCCOc1cccc(C(=O)N(C)C(CC(N)=O)Cc2ccccc2)c1. The maximum absolute atomic E-state index is 12.9. The summed E-state index contributed by atoms with van der Waals surface area (Å²) in [6, 6.07) is 16.6. The van der Waals surface area contributed by atoms with Gasteiger partial charge in [-0.2, -0.15) is 0 Å². The molecule has 138 valence electrons. The van der Waals surface area contributed by atoms with E-state index in [4.69, 9.17) is 10.5 Å². The molecule has 1 atom stereocenters. The Bertz CT molecular complexity index is 731. The first-order valence-electron chi connectivity index (χ1n) is 8.83. The van der Waals surface area contributed by atoms with Crippen molar-refractivity contribution < 1.29 is 14.3 Å². The number of benzene rings is 2. The Labute approximate surface area is 154 Å². The monoisotopic (exact) mass is 354 g/mol. The molecule has 0 aromatic heterocycles. The molecule has 0 fully saturated rings. The number of primary amides is 1. The van der Waals surface area contributed by atoms with E-state index >= 15 is 0 Å². The molecule has 0 aliphatic carbocycles. The first kappa shape index (κ1) is 19.5. The number of amides is 2. The van der Waals surface area contributed by atoms with Crippen LogP contribution in [0.3, 0.4) is 0 Å². The highest BCUT2D eigenvalue weighted by Gasteiger charge is 2.23. The van der Waals surface area contributed by atoms with Gasteiger partial charge in [-0.05, 0) is 36.6 Å². The molecule has 0 radical (unpaired) electrons. The number of nitrogens with zero attached hydrogens (tertiary/aromatic N) is 1. The zero-order valence-corrected chi connectivity index (χ0v) is 15.4. The zero-order chi connectivity index (χ0) is 18.9. The molecule has 0 saturated carbocycles. The number of carbonyl (C=O) groups is 2. The molecule has 2 amide bonds.